The Morgan fingerprint density at radius 1 is 0.960 bits per heavy atom. The van der Waals surface area contributed by atoms with E-state index in [9.17, 15) is 19.5 Å². The van der Waals surface area contributed by atoms with Gasteiger partial charge in [0.05, 0.1) is 11.1 Å². The van der Waals surface area contributed by atoms with Crippen molar-refractivity contribution in [1.82, 2.24) is 9.47 Å². The highest BCUT2D eigenvalue weighted by Gasteiger charge is 2.37. The second-order valence-electron chi connectivity index (χ2n) is 6.76. The summed E-state index contributed by atoms with van der Waals surface area (Å²) >= 11 is 0. The van der Waals surface area contributed by atoms with E-state index in [1.165, 1.54) is 6.07 Å². The number of nitrogens with zero attached hydrogens (tertiary/aromatic N) is 2. The lowest BCUT2D eigenvalue weighted by Crippen LogP contribution is -2.49. The van der Waals surface area contributed by atoms with Crippen LogP contribution >= 0.6 is 0 Å². The zero-order chi connectivity index (χ0) is 17.6. The molecule has 0 radical (unpaired) electrons. The number of rotatable bonds is 2. The Bertz CT molecular complexity index is 918. The van der Waals surface area contributed by atoms with Crippen molar-refractivity contribution in [2.75, 3.05) is 13.1 Å². The van der Waals surface area contributed by atoms with Gasteiger partial charge in [0.15, 0.2) is 0 Å². The largest absolute Gasteiger partial charge is 0.478 e. The van der Waals surface area contributed by atoms with Crippen molar-refractivity contribution >= 4 is 11.9 Å². The van der Waals surface area contributed by atoms with Crippen LogP contribution in [0.2, 0.25) is 0 Å². The zero-order valence-electron chi connectivity index (χ0n) is 13.6. The summed E-state index contributed by atoms with van der Waals surface area (Å²) in [5, 5.41) is 9.33. The van der Waals surface area contributed by atoms with E-state index in [0.29, 0.717) is 19.6 Å². The molecule has 2 aliphatic rings. The van der Waals surface area contributed by atoms with Crippen LogP contribution in [0.1, 0.15) is 38.7 Å². The first-order valence-electron chi connectivity index (χ1n) is 8.36. The summed E-state index contributed by atoms with van der Waals surface area (Å²) in [5.74, 6) is -1.02. The molecular weight excluding hydrogens is 320 g/mol. The van der Waals surface area contributed by atoms with Crippen molar-refractivity contribution in [3.8, 4) is 0 Å². The Morgan fingerprint density at radius 2 is 1.72 bits per heavy atom. The third-order valence-corrected chi connectivity index (χ3v) is 5.15. The molecule has 6 heteroatoms. The third-order valence-electron chi connectivity index (χ3n) is 5.15. The minimum Gasteiger partial charge on any atom is -0.478 e. The van der Waals surface area contributed by atoms with Crippen LogP contribution in [0.15, 0.2) is 47.3 Å². The number of benzene rings is 1. The van der Waals surface area contributed by atoms with E-state index in [4.69, 9.17) is 0 Å². The van der Waals surface area contributed by atoms with E-state index in [1.54, 1.807) is 35.2 Å². The van der Waals surface area contributed by atoms with Crippen molar-refractivity contribution in [2.24, 2.45) is 5.92 Å². The molecule has 2 aliphatic heterocycles. The Morgan fingerprint density at radius 3 is 2.48 bits per heavy atom. The number of pyridine rings is 1. The Kier molecular flexibility index (Phi) is 3.67. The molecule has 2 aromatic rings. The highest BCUT2D eigenvalue weighted by atomic mass is 16.4. The fourth-order valence-electron chi connectivity index (χ4n) is 4.09. The van der Waals surface area contributed by atoms with Crippen LogP contribution in [0.3, 0.4) is 0 Å². The third kappa shape index (κ3) is 2.63. The minimum atomic E-state index is -1.10. The number of amides is 1. The van der Waals surface area contributed by atoms with Crippen molar-refractivity contribution < 1.29 is 14.7 Å². The molecule has 2 atom stereocenters. The monoisotopic (exact) mass is 338 g/mol. The molecular formula is C19H18N2O4. The molecule has 0 spiro atoms. The van der Waals surface area contributed by atoms with Crippen LogP contribution in [-0.2, 0) is 6.54 Å². The molecule has 2 bridgehead atoms. The standard InChI is InChI=1S/C19H18N2O4/c22-17-7-3-6-16-13-8-12(10-21(16)17)9-20(11-13)18(23)14-4-1-2-5-15(14)19(24)25/h1-7,12-13H,8-11H2,(H,24,25). The van der Waals surface area contributed by atoms with Gasteiger partial charge in [-0.05, 0) is 30.5 Å². The average molecular weight is 338 g/mol. The molecule has 1 saturated heterocycles. The summed E-state index contributed by atoms with van der Waals surface area (Å²) in [4.78, 5) is 38.1. The van der Waals surface area contributed by atoms with Crippen molar-refractivity contribution in [3.63, 3.8) is 0 Å². The molecule has 1 N–H and O–H groups in total. The van der Waals surface area contributed by atoms with Gasteiger partial charge in [0.1, 0.15) is 0 Å². The molecule has 1 fully saturated rings. The smallest absolute Gasteiger partial charge is 0.336 e. The van der Waals surface area contributed by atoms with Crippen LogP contribution in [0.25, 0.3) is 0 Å². The summed E-state index contributed by atoms with van der Waals surface area (Å²) in [7, 11) is 0. The van der Waals surface area contributed by atoms with Gasteiger partial charge in [0, 0.05) is 37.3 Å². The topological polar surface area (TPSA) is 79.6 Å². The van der Waals surface area contributed by atoms with E-state index in [0.717, 1.165) is 12.1 Å². The average Bonchev–Trinajstić information content (AvgIpc) is 2.62. The lowest BCUT2D eigenvalue weighted by atomic mass is 9.83. The number of carbonyl (C=O) groups is 2. The number of piperidine rings is 1. The van der Waals surface area contributed by atoms with Gasteiger partial charge >= 0.3 is 5.97 Å². The molecule has 128 valence electrons. The Labute approximate surface area is 144 Å². The summed E-state index contributed by atoms with van der Waals surface area (Å²) in [6.07, 6.45) is 0.952. The first-order valence-corrected chi connectivity index (χ1v) is 8.36. The number of carboxylic acid groups (broad SMARTS) is 1. The second kappa shape index (κ2) is 5.88. The van der Waals surface area contributed by atoms with Gasteiger partial charge in [-0.25, -0.2) is 4.79 Å². The number of hydrogen-bond acceptors (Lipinski definition) is 3. The van der Waals surface area contributed by atoms with Crippen molar-refractivity contribution in [3.05, 3.63) is 69.6 Å². The van der Waals surface area contributed by atoms with Crippen LogP contribution < -0.4 is 5.56 Å². The number of aromatic nitrogens is 1. The van der Waals surface area contributed by atoms with E-state index in [-0.39, 0.29) is 34.4 Å². The lowest BCUT2D eigenvalue weighted by Gasteiger charge is -2.42. The predicted molar refractivity (Wildman–Crippen MR) is 90.9 cm³/mol. The van der Waals surface area contributed by atoms with Gasteiger partial charge in [-0.15, -0.1) is 0 Å². The first-order chi connectivity index (χ1) is 12.0. The normalized spacial score (nSPS) is 21.5. The lowest BCUT2D eigenvalue weighted by molar-refractivity contribution is 0.0580. The first kappa shape index (κ1) is 15.6. The number of likely N-dealkylation sites (tertiary alicyclic amines) is 1. The maximum atomic E-state index is 12.9. The zero-order valence-corrected chi connectivity index (χ0v) is 13.6. The summed E-state index contributed by atoms with van der Waals surface area (Å²) < 4.78 is 1.81. The quantitative estimate of drug-likeness (QED) is 0.906. The number of hydrogen-bond donors (Lipinski definition) is 1. The van der Waals surface area contributed by atoms with Gasteiger partial charge in [0.2, 0.25) is 0 Å². The second-order valence-corrected chi connectivity index (χ2v) is 6.76. The summed E-state index contributed by atoms with van der Waals surface area (Å²) in [6, 6.07) is 11.6. The molecule has 6 nitrogen and oxygen atoms in total. The van der Waals surface area contributed by atoms with Crippen LogP contribution in [0.5, 0.6) is 0 Å². The highest BCUT2D eigenvalue weighted by Crippen LogP contribution is 2.35. The van der Waals surface area contributed by atoms with Gasteiger partial charge in [0.25, 0.3) is 11.5 Å². The summed E-state index contributed by atoms with van der Waals surface area (Å²) in [5.41, 5.74) is 1.22. The minimum absolute atomic E-state index is 0.00296. The number of carboxylic acids is 1. The van der Waals surface area contributed by atoms with Crippen LogP contribution in [0.4, 0.5) is 0 Å². The number of aromatic carboxylic acids is 1. The molecule has 0 saturated carbocycles. The fraction of sp³-hybridized carbons (Fsp3) is 0.316. The molecule has 0 aliphatic carbocycles. The van der Waals surface area contributed by atoms with Gasteiger partial charge < -0.3 is 14.6 Å². The van der Waals surface area contributed by atoms with Crippen LogP contribution in [0, 0.1) is 5.92 Å². The predicted octanol–water partition coefficient (Wildman–Crippen LogP) is 1.81. The molecule has 1 amide bonds. The SMILES string of the molecule is O=C(O)c1ccccc1C(=O)N1CC2CC(C1)c1cccc(=O)n1C2. The Hall–Kier alpha value is -2.89. The van der Waals surface area contributed by atoms with Gasteiger partial charge in [-0.3, -0.25) is 9.59 Å². The van der Waals surface area contributed by atoms with E-state index >= 15 is 0 Å². The molecule has 2 unspecified atom stereocenters. The van der Waals surface area contributed by atoms with Crippen molar-refractivity contribution in [1.29, 1.82) is 0 Å². The maximum Gasteiger partial charge on any atom is 0.336 e. The highest BCUT2D eigenvalue weighted by molar-refractivity contribution is 6.04. The maximum absolute atomic E-state index is 12.9. The van der Waals surface area contributed by atoms with E-state index in [1.807, 2.05) is 10.6 Å². The molecule has 1 aromatic carbocycles. The number of fused-ring (bicyclic) bond motifs is 4. The summed E-state index contributed by atoms with van der Waals surface area (Å²) in [6.45, 7) is 1.66. The van der Waals surface area contributed by atoms with Crippen molar-refractivity contribution in [2.45, 2.75) is 18.9 Å². The van der Waals surface area contributed by atoms with Crippen LogP contribution in [-0.4, -0.2) is 39.5 Å². The van der Waals surface area contributed by atoms with Gasteiger partial charge in [-0.1, -0.05) is 18.2 Å². The van der Waals surface area contributed by atoms with E-state index in [2.05, 4.69) is 0 Å². The molecule has 4 rings (SSSR count). The van der Waals surface area contributed by atoms with Gasteiger partial charge in [-0.2, -0.15) is 0 Å². The molecule has 3 heterocycles. The van der Waals surface area contributed by atoms with E-state index < -0.39 is 5.97 Å². The molecule has 25 heavy (non-hydrogen) atoms. The Balaban J connectivity index is 1.66. The molecule has 1 aromatic heterocycles. The fourth-order valence-corrected chi connectivity index (χ4v) is 4.09. The number of carbonyl (C=O) groups excluding carboxylic acids is 1.